The van der Waals surface area contributed by atoms with Crippen LogP contribution in [-0.4, -0.2) is 26.1 Å². The fourth-order valence-electron chi connectivity index (χ4n) is 1.20. The van der Waals surface area contributed by atoms with Gasteiger partial charge in [0.25, 0.3) is 5.91 Å². The van der Waals surface area contributed by atoms with E-state index < -0.39 is 17.8 Å². The Morgan fingerprint density at radius 3 is 2.58 bits per heavy atom. The number of alkyl halides is 3. The summed E-state index contributed by atoms with van der Waals surface area (Å²) in [5.74, 6) is -0.959. The maximum absolute atomic E-state index is 12.3. The van der Waals surface area contributed by atoms with Crippen LogP contribution in [0.15, 0.2) is 18.3 Å². The Bertz CT molecular complexity index is 591. The average Bonchev–Trinajstić information content (AvgIpc) is 2.75. The number of anilines is 2. The molecule has 0 aliphatic carbocycles. The molecular weight excluding hydrogens is 265 g/mol. The Balaban J connectivity index is 2.10. The third kappa shape index (κ3) is 2.97. The van der Waals surface area contributed by atoms with E-state index in [2.05, 4.69) is 25.5 Å². The summed E-state index contributed by atoms with van der Waals surface area (Å²) in [6.45, 7) is 0. The summed E-state index contributed by atoms with van der Waals surface area (Å²) in [4.78, 5) is 18.3. The monoisotopic (exact) mass is 272 g/mol. The minimum Gasteiger partial charge on any atom is -0.366 e. The number of nitrogen functional groups attached to an aromatic ring is 1. The predicted molar refractivity (Wildman–Crippen MR) is 58.0 cm³/mol. The lowest BCUT2D eigenvalue weighted by Gasteiger charge is -2.06. The number of H-pyrrole nitrogens is 1. The van der Waals surface area contributed by atoms with Gasteiger partial charge in [0.2, 0.25) is 11.8 Å². The third-order valence-electron chi connectivity index (χ3n) is 2.03. The number of nitrogens with two attached hydrogens (primary N) is 1. The topological polar surface area (TPSA) is 110 Å². The Labute approximate surface area is 104 Å². The van der Waals surface area contributed by atoms with Crippen LogP contribution in [0.1, 0.15) is 16.3 Å². The summed E-state index contributed by atoms with van der Waals surface area (Å²) >= 11 is 0. The number of hydrogen-bond donors (Lipinski definition) is 3. The van der Waals surface area contributed by atoms with E-state index in [1.54, 1.807) is 0 Å². The first-order valence-corrected chi connectivity index (χ1v) is 4.89. The number of amides is 1. The SMILES string of the molecule is Nc1n[nH]c(C(=O)Nc2ccc(C(F)(F)F)nc2)n1. The van der Waals surface area contributed by atoms with Crippen molar-refractivity contribution < 1.29 is 18.0 Å². The first-order chi connectivity index (χ1) is 8.86. The molecule has 0 atom stereocenters. The second kappa shape index (κ2) is 4.55. The van der Waals surface area contributed by atoms with E-state index in [0.29, 0.717) is 0 Å². The van der Waals surface area contributed by atoms with Gasteiger partial charge in [-0.05, 0) is 12.1 Å². The minimum absolute atomic E-state index is 0.0907. The van der Waals surface area contributed by atoms with Gasteiger partial charge in [-0.15, -0.1) is 5.10 Å². The minimum atomic E-state index is -4.53. The van der Waals surface area contributed by atoms with Gasteiger partial charge >= 0.3 is 6.18 Å². The zero-order chi connectivity index (χ0) is 14.0. The van der Waals surface area contributed by atoms with E-state index in [1.807, 2.05) is 0 Å². The third-order valence-corrected chi connectivity index (χ3v) is 2.03. The van der Waals surface area contributed by atoms with E-state index in [4.69, 9.17) is 5.73 Å². The van der Waals surface area contributed by atoms with Gasteiger partial charge in [0.15, 0.2) is 0 Å². The summed E-state index contributed by atoms with van der Waals surface area (Å²) in [6.07, 6.45) is -3.64. The Kier molecular flexibility index (Phi) is 3.07. The molecule has 0 unspecified atom stereocenters. The highest BCUT2D eigenvalue weighted by Crippen LogP contribution is 2.27. The second-order valence-corrected chi connectivity index (χ2v) is 3.43. The summed E-state index contributed by atoms with van der Waals surface area (Å²) in [5.41, 5.74) is 4.25. The van der Waals surface area contributed by atoms with Gasteiger partial charge in [-0.25, -0.2) is 4.98 Å². The highest BCUT2D eigenvalue weighted by atomic mass is 19.4. The molecule has 2 aromatic heterocycles. The van der Waals surface area contributed by atoms with Crippen LogP contribution >= 0.6 is 0 Å². The highest BCUT2D eigenvalue weighted by molar-refractivity contribution is 6.01. The summed E-state index contributed by atoms with van der Waals surface area (Å²) in [5, 5.41) is 8.00. The van der Waals surface area contributed by atoms with Gasteiger partial charge in [0.1, 0.15) is 5.69 Å². The number of aromatic amines is 1. The molecule has 2 heterocycles. The molecule has 0 bridgehead atoms. The standard InChI is InChI=1S/C9H7F3N6O/c10-9(11,12)5-2-1-4(3-14-5)15-7(19)6-16-8(13)18-17-6/h1-3H,(H,15,19)(H3,13,16,17,18). The van der Waals surface area contributed by atoms with Crippen molar-refractivity contribution in [3.63, 3.8) is 0 Å². The molecule has 0 aliphatic heterocycles. The number of carbonyl (C=O) groups excluding carboxylic acids is 1. The lowest BCUT2D eigenvalue weighted by atomic mass is 10.3. The number of hydrogen-bond acceptors (Lipinski definition) is 5. The molecule has 2 aromatic rings. The zero-order valence-corrected chi connectivity index (χ0v) is 9.19. The van der Waals surface area contributed by atoms with Crippen molar-refractivity contribution in [2.45, 2.75) is 6.18 Å². The Morgan fingerprint density at radius 1 is 1.37 bits per heavy atom. The summed E-state index contributed by atoms with van der Waals surface area (Å²) in [6, 6.07) is 1.83. The van der Waals surface area contributed by atoms with Crippen molar-refractivity contribution in [3.05, 3.63) is 29.8 Å². The van der Waals surface area contributed by atoms with Gasteiger partial charge in [0, 0.05) is 0 Å². The van der Waals surface area contributed by atoms with Gasteiger partial charge < -0.3 is 11.1 Å². The van der Waals surface area contributed by atoms with E-state index in [1.165, 1.54) is 0 Å². The van der Waals surface area contributed by atoms with Gasteiger partial charge in [-0.3, -0.25) is 9.89 Å². The number of pyridine rings is 1. The molecule has 4 N–H and O–H groups in total. The molecule has 0 aromatic carbocycles. The second-order valence-electron chi connectivity index (χ2n) is 3.43. The maximum Gasteiger partial charge on any atom is 0.433 e. The number of rotatable bonds is 2. The maximum atomic E-state index is 12.3. The molecule has 19 heavy (non-hydrogen) atoms. The molecule has 10 heteroatoms. The molecule has 0 saturated heterocycles. The summed E-state index contributed by atoms with van der Waals surface area (Å²) in [7, 11) is 0. The molecule has 0 aliphatic rings. The normalized spacial score (nSPS) is 11.3. The molecule has 2 rings (SSSR count). The van der Waals surface area contributed by atoms with E-state index in [0.717, 1.165) is 18.3 Å². The van der Waals surface area contributed by atoms with Crippen molar-refractivity contribution in [2.24, 2.45) is 0 Å². The molecule has 7 nitrogen and oxygen atoms in total. The summed E-state index contributed by atoms with van der Waals surface area (Å²) < 4.78 is 36.8. The fraction of sp³-hybridized carbons (Fsp3) is 0.111. The van der Waals surface area contributed by atoms with Crippen molar-refractivity contribution in [1.29, 1.82) is 0 Å². The van der Waals surface area contributed by atoms with Crippen molar-refractivity contribution in [2.75, 3.05) is 11.1 Å². The number of nitrogens with zero attached hydrogens (tertiary/aromatic N) is 3. The van der Waals surface area contributed by atoms with Crippen LogP contribution in [0.2, 0.25) is 0 Å². The molecule has 1 amide bonds. The molecule has 0 radical (unpaired) electrons. The van der Waals surface area contributed by atoms with Crippen LogP contribution in [0.3, 0.4) is 0 Å². The van der Waals surface area contributed by atoms with Crippen LogP contribution < -0.4 is 11.1 Å². The van der Waals surface area contributed by atoms with Crippen LogP contribution in [0.5, 0.6) is 0 Å². The Morgan fingerprint density at radius 2 is 2.11 bits per heavy atom. The van der Waals surface area contributed by atoms with Crippen molar-refractivity contribution in [3.8, 4) is 0 Å². The predicted octanol–water partition coefficient (Wildman–Crippen LogP) is 1.05. The average molecular weight is 272 g/mol. The lowest BCUT2D eigenvalue weighted by molar-refractivity contribution is -0.141. The first-order valence-electron chi connectivity index (χ1n) is 4.89. The molecule has 0 spiro atoms. The fourth-order valence-corrected chi connectivity index (χ4v) is 1.20. The van der Waals surface area contributed by atoms with Crippen LogP contribution in [0, 0.1) is 0 Å². The lowest BCUT2D eigenvalue weighted by Crippen LogP contribution is -2.15. The quantitative estimate of drug-likeness (QED) is 0.757. The van der Waals surface area contributed by atoms with Crippen LogP contribution in [-0.2, 0) is 6.18 Å². The highest BCUT2D eigenvalue weighted by Gasteiger charge is 2.32. The van der Waals surface area contributed by atoms with Crippen LogP contribution in [0.25, 0.3) is 0 Å². The van der Waals surface area contributed by atoms with Gasteiger partial charge in [-0.1, -0.05) is 0 Å². The van der Waals surface area contributed by atoms with Crippen molar-refractivity contribution >= 4 is 17.5 Å². The number of carbonyl (C=O) groups is 1. The van der Waals surface area contributed by atoms with Crippen molar-refractivity contribution in [1.82, 2.24) is 20.2 Å². The number of halogens is 3. The van der Waals surface area contributed by atoms with Gasteiger partial charge in [0.05, 0.1) is 11.9 Å². The molecule has 100 valence electrons. The molecule has 0 fully saturated rings. The van der Waals surface area contributed by atoms with E-state index in [-0.39, 0.29) is 17.5 Å². The first kappa shape index (κ1) is 12.8. The molecular formula is C9H7F3N6O. The van der Waals surface area contributed by atoms with E-state index >= 15 is 0 Å². The largest absolute Gasteiger partial charge is 0.433 e. The Hall–Kier alpha value is -2.65. The van der Waals surface area contributed by atoms with Gasteiger partial charge in [-0.2, -0.15) is 18.2 Å². The number of aromatic nitrogens is 4. The number of nitrogens with one attached hydrogen (secondary N) is 2. The van der Waals surface area contributed by atoms with Crippen LogP contribution in [0.4, 0.5) is 24.8 Å². The zero-order valence-electron chi connectivity index (χ0n) is 9.19. The molecule has 0 saturated carbocycles. The smallest absolute Gasteiger partial charge is 0.366 e. The van der Waals surface area contributed by atoms with E-state index in [9.17, 15) is 18.0 Å².